The van der Waals surface area contributed by atoms with Crippen molar-refractivity contribution in [3.05, 3.63) is 29.8 Å². The monoisotopic (exact) mass is 278 g/mol. The van der Waals surface area contributed by atoms with Gasteiger partial charge in [-0.2, -0.15) is 0 Å². The van der Waals surface area contributed by atoms with Crippen molar-refractivity contribution in [1.82, 2.24) is 0 Å². The molecule has 0 aliphatic heterocycles. The molecule has 1 rings (SSSR count). The Bertz CT molecular complexity index is 445. The van der Waals surface area contributed by atoms with Gasteiger partial charge in [-0.25, -0.2) is 0 Å². The summed E-state index contributed by atoms with van der Waals surface area (Å²) in [5, 5.41) is 18.5. The predicted octanol–water partition coefficient (Wildman–Crippen LogP) is 2.73. The zero-order chi connectivity index (χ0) is 14.6. The maximum Gasteiger partial charge on any atom is 0.573 e. The van der Waals surface area contributed by atoms with Crippen molar-refractivity contribution in [3.63, 3.8) is 0 Å². The van der Waals surface area contributed by atoms with Gasteiger partial charge in [0, 0.05) is 0 Å². The van der Waals surface area contributed by atoms with Gasteiger partial charge in [-0.05, 0) is 24.1 Å². The molecule has 2 unspecified atom stereocenters. The van der Waals surface area contributed by atoms with E-state index in [1.807, 2.05) is 0 Å². The molecule has 106 valence electrons. The molecule has 0 amide bonds. The smallest absolute Gasteiger partial charge is 0.481 e. The third kappa shape index (κ3) is 5.17. The number of aliphatic hydroxyl groups is 1. The van der Waals surface area contributed by atoms with Crippen LogP contribution in [0.4, 0.5) is 13.2 Å². The van der Waals surface area contributed by atoms with E-state index in [4.69, 9.17) is 5.11 Å². The second-order valence-corrected chi connectivity index (χ2v) is 4.11. The number of carbonyl (C=O) groups is 1. The zero-order valence-corrected chi connectivity index (χ0v) is 10.0. The van der Waals surface area contributed by atoms with Crippen LogP contribution in [0.15, 0.2) is 24.3 Å². The Kier molecular flexibility index (Phi) is 4.77. The topological polar surface area (TPSA) is 66.8 Å². The van der Waals surface area contributed by atoms with E-state index in [1.54, 1.807) is 0 Å². The van der Waals surface area contributed by atoms with Crippen LogP contribution >= 0.6 is 0 Å². The maximum absolute atomic E-state index is 12.0. The largest absolute Gasteiger partial charge is 0.573 e. The number of carboxylic acids is 1. The minimum atomic E-state index is -4.81. The first-order chi connectivity index (χ1) is 8.69. The average molecular weight is 278 g/mol. The van der Waals surface area contributed by atoms with Crippen molar-refractivity contribution >= 4 is 5.97 Å². The fourth-order valence-corrected chi connectivity index (χ4v) is 1.49. The van der Waals surface area contributed by atoms with E-state index in [1.165, 1.54) is 19.1 Å². The number of aliphatic hydroxyl groups excluding tert-OH is 1. The van der Waals surface area contributed by atoms with E-state index in [0.29, 0.717) is 0 Å². The van der Waals surface area contributed by atoms with Crippen molar-refractivity contribution in [1.29, 1.82) is 0 Å². The van der Waals surface area contributed by atoms with Gasteiger partial charge < -0.3 is 14.9 Å². The van der Waals surface area contributed by atoms with E-state index in [9.17, 15) is 23.1 Å². The molecule has 1 aromatic carbocycles. The van der Waals surface area contributed by atoms with Crippen LogP contribution in [0.2, 0.25) is 0 Å². The summed E-state index contributed by atoms with van der Waals surface area (Å²) in [5.74, 6) is -2.34. The number of benzene rings is 1. The molecule has 0 saturated heterocycles. The molecular weight excluding hydrogens is 265 g/mol. The van der Waals surface area contributed by atoms with Crippen LogP contribution in [-0.4, -0.2) is 22.5 Å². The fourth-order valence-electron chi connectivity index (χ4n) is 1.49. The van der Waals surface area contributed by atoms with E-state index >= 15 is 0 Å². The molecule has 4 nitrogen and oxygen atoms in total. The number of ether oxygens (including phenoxy) is 1. The lowest BCUT2D eigenvalue weighted by molar-refractivity contribution is -0.274. The molecule has 0 fully saturated rings. The third-order valence-corrected chi connectivity index (χ3v) is 2.47. The summed E-state index contributed by atoms with van der Waals surface area (Å²) in [6.45, 7) is 1.40. The lowest BCUT2D eigenvalue weighted by Crippen LogP contribution is -2.17. The highest BCUT2D eigenvalue weighted by atomic mass is 19.4. The molecule has 2 N–H and O–H groups in total. The van der Waals surface area contributed by atoms with E-state index in [-0.39, 0.29) is 12.0 Å². The quantitative estimate of drug-likeness (QED) is 0.869. The third-order valence-electron chi connectivity index (χ3n) is 2.47. The summed E-state index contributed by atoms with van der Waals surface area (Å²) in [6, 6.07) is 4.84. The summed E-state index contributed by atoms with van der Waals surface area (Å²) in [4.78, 5) is 10.6. The standard InChI is InChI=1S/C12H13F3O4/c1-7(11(17)18)5-10(16)8-3-2-4-9(6-8)19-12(13,14)15/h2-4,6-7,10,16H,5H2,1H3,(H,17,18). The van der Waals surface area contributed by atoms with Crippen LogP contribution in [0.1, 0.15) is 25.0 Å². The van der Waals surface area contributed by atoms with Crippen LogP contribution in [0, 0.1) is 5.92 Å². The van der Waals surface area contributed by atoms with Gasteiger partial charge in [0.2, 0.25) is 0 Å². The molecule has 0 heterocycles. The van der Waals surface area contributed by atoms with Crippen molar-refractivity contribution in [2.45, 2.75) is 25.8 Å². The molecule has 1 aromatic rings. The molecular formula is C12H13F3O4. The van der Waals surface area contributed by atoms with E-state index in [2.05, 4.69) is 4.74 Å². The fraction of sp³-hybridized carbons (Fsp3) is 0.417. The highest BCUT2D eigenvalue weighted by molar-refractivity contribution is 5.69. The van der Waals surface area contributed by atoms with Crippen molar-refractivity contribution in [3.8, 4) is 5.75 Å². The van der Waals surface area contributed by atoms with Gasteiger partial charge in [0.15, 0.2) is 0 Å². The Morgan fingerprint density at radius 3 is 2.58 bits per heavy atom. The lowest BCUT2D eigenvalue weighted by Gasteiger charge is -2.15. The summed E-state index contributed by atoms with van der Waals surface area (Å²) < 4.78 is 39.8. The minimum absolute atomic E-state index is 0.0925. The van der Waals surface area contributed by atoms with Crippen LogP contribution < -0.4 is 4.74 Å². The Hall–Kier alpha value is -1.76. The highest BCUT2D eigenvalue weighted by Crippen LogP contribution is 2.27. The Morgan fingerprint density at radius 1 is 1.42 bits per heavy atom. The molecule has 19 heavy (non-hydrogen) atoms. The maximum atomic E-state index is 12.0. The van der Waals surface area contributed by atoms with Crippen molar-refractivity contribution < 1.29 is 32.9 Å². The Balaban J connectivity index is 2.78. The summed E-state index contributed by atoms with van der Waals surface area (Å²) in [7, 11) is 0. The molecule has 0 radical (unpaired) electrons. The second-order valence-electron chi connectivity index (χ2n) is 4.11. The normalized spacial score (nSPS) is 14.8. The zero-order valence-electron chi connectivity index (χ0n) is 10.0. The van der Waals surface area contributed by atoms with E-state index < -0.39 is 30.1 Å². The molecule has 2 atom stereocenters. The van der Waals surface area contributed by atoms with Gasteiger partial charge in [-0.3, -0.25) is 4.79 Å². The Morgan fingerprint density at radius 2 is 2.05 bits per heavy atom. The number of alkyl halides is 3. The van der Waals surface area contributed by atoms with E-state index in [0.717, 1.165) is 12.1 Å². The van der Waals surface area contributed by atoms with Gasteiger partial charge in [0.25, 0.3) is 0 Å². The predicted molar refractivity (Wildman–Crippen MR) is 59.5 cm³/mol. The summed E-state index contributed by atoms with van der Waals surface area (Å²) in [6.07, 6.45) is -6.06. The molecule has 0 aliphatic carbocycles. The van der Waals surface area contributed by atoms with Crippen LogP contribution in [0.25, 0.3) is 0 Å². The molecule has 0 bridgehead atoms. The Labute approximate surface area is 107 Å². The molecule has 7 heteroatoms. The van der Waals surface area contributed by atoms with Crippen LogP contribution in [-0.2, 0) is 4.79 Å². The first-order valence-electron chi connectivity index (χ1n) is 5.45. The van der Waals surface area contributed by atoms with Gasteiger partial charge in [0.05, 0.1) is 12.0 Å². The molecule has 0 spiro atoms. The number of carboxylic acid groups (broad SMARTS) is 1. The first kappa shape index (κ1) is 15.3. The lowest BCUT2D eigenvalue weighted by atomic mass is 9.98. The molecule has 0 aliphatic rings. The number of hydrogen-bond acceptors (Lipinski definition) is 3. The van der Waals surface area contributed by atoms with Gasteiger partial charge in [-0.15, -0.1) is 13.2 Å². The van der Waals surface area contributed by atoms with Gasteiger partial charge >= 0.3 is 12.3 Å². The summed E-state index contributed by atoms with van der Waals surface area (Å²) in [5.41, 5.74) is 0.176. The van der Waals surface area contributed by atoms with Crippen molar-refractivity contribution in [2.24, 2.45) is 5.92 Å². The second kappa shape index (κ2) is 5.92. The molecule has 0 aromatic heterocycles. The average Bonchev–Trinajstić information content (AvgIpc) is 2.26. The number of rotatable bonds is 5. The number of aliphatic carboxylic acids is 1. The van der Waals surface area contributed by atoms with Gasteiger partial charge in [0.1, 0.15) is 5.75 Å². The minimum Gasteiger partial charge on any atom is -0.481 e. The van der Waals surface area contributed by atoms with Crippen LogP contribution in [0.3, 0.4) is 0 Å². The first-order valence-corrected chi connectivity index (χ1v) is 5.45. The number of hydrogen-bond donors (Lipinski definition) is 2. The molecule has 0 saturated carbocycles. The summed E-state index contributed by atoms with van der Waals surface area (Å²) >= 11 is 0. The van der Waals surface area contributed by atoms with Crippen molar-refractivity contribution in [2.75, 3.05) is 0 Å². The number of halogens is 3. The van der Waals surface area contributed by atoms with Gasteiger partial charge in [-0.1, -0.05) is 19.1 Å². The highest BCUT2D eigenvalue weighted by Gasteiger charge is 2.31. The van der Waals surface area contributed by atoms with Crippen LogP contribution in [0.5, 0.6) is 5.75 Å². The SMILES string of the molecule is CC(CC(O)c1cccc(OC(F)(F)F)c1)C(=O)O.